The fourth-order valence-electron chi connectivity index (χ4n) is 1.38. The number of benzene rings is 1. The number of carboxylic acids is 1. The molecule has 0 radical (unpaired) electrons. The fraction of sp³-hybridized carbons (Fsp3) is 0.364. The van der Waals surface area contributed by atoms with Gasteiger partial charge < -0.3 is 10.8 Å². The van der Waals surface area contributed by atoms with E-state index >= 15 is 0 Å². The molecule has 0 aliphatic carbocycles. The van der Waals surface area contributed by atoms with Gasteiger partial charge in [-0.05, 0) is 5.56 Å². The smallest absolute Gasteiger partial charge is 0.320 e. The molecule has 6 heteroatoms. The number of carboxylic acid groups (broad SMARTS) is 1. The van der Waals surface area contributed by atoms with Crippen molar-refractivity contribution in [2.45, 2.75) is 24.8 Å². The Hall–Kier alpha value is -1.01. The van der Waals surface area contributed by atoms with Crippen LogP contribution in [0.15, 0.2) is 30.3 Å². The molecule has 0 spiro atoms. The highest BCUT2D eigenvalue weighted by molar-refractivity contribution is 8.93. The van der Waals surface area contributed by atoms with E-state index in [9.17, 15) is 13.6 Å². The van der Waals surface area contributed by atoms with Crippen LogP contribution in [-0.2, 0) is 11.2 Å². The van der Waals surface area contributed by atoms with Crippen molar-refractivity contribution >= 4 is 23.0 Å². The summed E-state index contributed by atoms with van der Waals surface area (Å²) in [6.07, 6.45) is -1.34. The summed E-state index contributed by atoms with van der Waals surface area (Å²) < 4.78 is 26.8. The Kier molecular flexibility index (Phi) is 6.26. The first-order chi connectivity index (χ1) is 7.41. The molecule has 3 nitrogen and oxygen atoms in total. The van der Waals surface area contributed by atoms with Gasteiger partial charge in [-0.3, -0.25) is 4.79 Å². The maximum absolute atomic E-state index is 13.4. The first kappa shape index (κ1) is 16.0. The maximum Gasteiger partial charge on any atom is 0.320 e. The minimum Gasteiger partial charge on any atom is -0.480 e. The van der Waals surface area contributed by atoms with Gasteiger partial charge in [0, 0.05) is 12.8 Å². The molecule has 0 aliphatic rings. The minimum atomic E-state index is -3.10. The Bertz CT molecular complexity index is 360. The van der Waals surface area contributed by atoms with E-state index < -0.39 is 30.8 Å². The number of aliphatic carboxylic acids is 1. The number of alkyl halides is 2. The van der Waals surface area contributed by atoms with Crippen LogP contribution in [0.4, 0.5) is 8.78 Å². The molecule has 0 bridgehead atoms. The zero-order valence-electron chi connectivity index (χ0n) is 8.98. The van der Waals surface area contributed by atoms with Crippen molar-refractivity contribution in [3.63, 3.8) is 0 Å². The van der Waals surface area contributed by atoms with Crippen LogP contribution < -0.4 is 5.73 Å². The van der Waals surface area contributed by atoms with Gasteiger partial charge in [0.1, 0.15) is 6.04 Å². The van der Waals surface area contributed by atoms with Crippen LogP contribution in [0.5, 0.6) is 0 Å². The number of nitrogens with two attached hydrogens (primary N) is 1. The number of hydrogen-bond acceptors (Lipinski definition) is 2. The molecule has 0 amide bonds. The highest BCUT2D eigenvalue weighted by atomic mass is 79.9. The van der Waals surface area contributed by atoms with E-state index in [0.717, 1.165) is 0 Å². The zero-order valence-corrected chi connectivity index (χ0v) is 10.7. The normalized spacial score (nSPS) is 12.6. The molecule has 0 fully saturated rings. The van der Waals surface area contributed by atoms with Crippen LogP contribution in [0, 0.1) is 0 Å². The van der Waals surface area contributed by atoms with E-state index in [-0.39, 0.29) is 17.0 Å². The van der Waals surface area contributed by atoms with Gasteiger partial charge in [-0.1, -0.05) is 30.3 Å². The first-order valence-electron chi connectivity index (χ1n) is 4.81. The molecule has 0 aromatic heterocycles. The summed E-state index contributed by atoms with van der Waals surface area (Å²) in [7, 11) is 0. The number of rotatable bonds is 5. The van der Waals surface area contributed by atoms with Crippen molar-refractivity contribution in [2.24, 2.45) is 5.73 Å². The molecule has 1 aromatic carbocycles. The van der Waals surface area contributed by atoms with Gasteiger partial charge >= 0.3 is 5.97 Å². The first-order valence-corrected chi connectivity index (χ1v) is 4.81. The second-order valence-corrected chi connectivity index (χ2v) is 3.67. The van der Waals surface area contributed by atoms with E-state index in [1.54, 1.807) is 30.3 Å². The summed E-state index contributed by atoms with van der Waals surface area (Å²) in [5.74, 6) is -4.51. The van der Waals surface area contributed by atoms with E-state index in [4.69, 9.17) is 10.8 Å². The van der Waals surface area contributed by atoms with Gasteiger partial charge in [-0.2, -0.15) is 0 Å². The van der Waals surface area contributed by atoms with Crippen molar-refractivity contribution in [1.82, 2.24) is 0 Å². The average Bonchev–Trinajstić information content (AvgIpc) is 2.17. The molecule has 96 valence electrons. The summed E-state index contributed by atoms with van der Waals surface area (Å²) in [5, 5.41) is 8.45. The topological polar surface area (TPSA) is 63.3 Å². The highest BCUT2D eigenvalue weighted by Crippen LogP contribution is 2.25. The van der Waals surface area contributed by atoms with Gasteiger partial charge in [0.2, 0.25) is 0 Å². The van der Waals surface area contributed by atoms with Crippen molar-refractivity contribution in [1.29, 1.82) is 0 Å². The van der Waals surface area contributed by atoms with Crippen LogP contribution in [0.1, 0.15) is 12.0 Å². The second-order valence-electron chi connectivity index (χ2n) is 3.67. The number of hydrogen-bond donors (Lipinski definition) is 2. The average molecular weight is 310 g/mol. The largest absolute Gasteiger partial charge is 0.480 e. The Balaban J connectivity index is 0.00000256. The second kappa shape index (κ2) is 6.66. The van der Waals surface area contributed by atoms with E-state index in [1.807, 2.05) is 0 Å². The molecule has 0 saturated heterocycles. The number of carbonyl (C=O) groups is 1. The third-order valence-electron chi connectivity index (χ3n) is 2.14. The molecule has 17 heavy (non-hydrogen) atoms. The van der Waals surface area contributed by atoms with Crippen molar-refractivity contribution < 1.29 is 18.7 Å². The van der Waals surface area contributed by atoms with Gasteiger partial charge in [-0.25, -0.2) is 8.78 Å². The predicted octanol–water partition coefficient (Wildman–Crippen LogP) is 2.24. The quantitative estimate of drug-likeness (QED) is 0.877. The van der Waals surface area contributed by atoms with E-state index in [1.165, 1.54) is 0 Å². The summed E-state index contributed by atoms with van der Waals surface area (Å²) in [4.78, 5) is 10.4. The summed E-state index contributed by atoms with van der Waals surface area (Å²) in [6.45, 7) is 0. The highest BCUT2D eigenvalue weighted by Gasteiger charge is 2.34. The van der Waals surface area contributed by atoms with E-state index in [0.29, 0.717) is 5.56 Å². The van der Waals surface area contributed by atoms with E-state index in [2.05, 4.69) is 0 Å². The van der Waals surface area contributed by atoms with Crippen LogP contribution in [0.3, 0.4) is 0 Å². The molecule has 0 heterocycles. The lowest BCUT2D eigenvalue weighted by atomic mass is 10.0. The SMILES string of the molecule is Br.N[C@@H](CC(F)(F)Cc1ccccc1)C(=O)O. The third-order valence-corrected chi connectivity index (χ3v) is 2.14. The molecule has 0 saturated carbocycles. The van der Waals surface area contributed by atoms with Crippen LogP contribution >= 0.6 is 17.0 Å². The standard InChI is InChI=1S/C11H13F2NO2.BrH/c12-11(13,7-9(14)10(15)16)6-8-4-2-1-3-5-8;/h1-5,9H,6-7,14H2,(H,15,16);1H/t9-;/m0./s1. The Morgan fingerprint density at radius 2 is 1.88 bits per heavy atom. The van der Waals surface area contributed by atoms with Crippen LogP contribution in [-0.4, -0.2) is 23.0 Å². The summed E-state index contributed by atoms with van der Waals surface area (Å²) in [5.41, 5.74) is 5.54. The van der Waals surface area contributed by atoms with Gasteiger partial charge in [0.05, 0.1) is 0 Å². The van der Waals surface area contributed by atoms with Crippen LogP contribution in [0.2, 0.25) is 0 Å². The molecule has 1 aromatic rings. The lowest BCUT2D eigenvalue weighted by Gasteiger charge is -2.18. The lowest BCUT2D eigenvalue weighted by Crippen LogP contribution is -2.37. The third kappa shape index (κ3) is 5.74. The van der Waals surface area contributed by atoms with Crippen molar-refractivity contribution in [3.05, 3.63) is 35.9 Å². The van der Waals surface area contributed by atoms with Gasteiger partial charge in [-0.15, -0.1) is 17.0 Å². The number of halogens is 3. The molecule has 0 aliphatic heterocycles. The molecule has 3 N–H and O–H groups in total. The van der Waals surface area contributed by atoms with Crippen molar-refractivity contribution in [2.75, 3.05) is 0 Å². The van der Waals surface area contributed by atoms with Crippen LogP contribution in [0.25, 0.3) is 0 Å². The predicted molar refractivity (Wildman–Crippen MR) is 65.6 cm³/mol. The molecule has 0 unspecified atom stereocenters. The maximum atomic E-state index is 13.4. The lowest BCUT2D eigenvalue weighted by molar-refractivity contribution is -0.141. The van der Waals surface area contributed by atoms with Gasteiger partial charge in [0.25, 0.3) is 5.92 Å². The Morgan fingerprint density at radius 1 is 1.35 bits per heavy atom. The zero-order chi connectivity index (χ0) is 12.2. The molecule has 1 rings (SSSR count). The molecular weight excluding hydrogens is 296 g/mol. The molecular formula is C11H14BrF2NO2. The van der Waals surface area contributed by atoms with Gasteiger partial charge in [0.15, 0.2) is 0 Å². The summed E-state index contributed by atoms with van der Waals surface area (Å²) >= 11 is 0. The summed E-state index contributed by atoms with van der Waals surface area (Å²) in [6, 6.07) is 6.65. The Labute approximate surface area is 108 Å². The molecule has 1 atom stereocenters. The monoisotopic (exact) mass is 309 g/mol. The van der Waals surface area contributed by atoms with Crippen molar-refractivity contribution in [3.8, 4) is 0 Å². The fourth-order valence-corrected chi connectivity index (χ4v) is 1.38. The minimum absolute atomic E-state index is 0. The Morgan fingerprint density at radius 3 is 2.35 bits per heavy atom.